The molecule has 1 unspecified atom stereocenters. The Morgan fingerprint density at radius 3 is 2.30 bits per heavy atom. The topological polar surface area (TPSA) is 74.7 Å². The normalized spacial score (nSPS) is 12.7. The molecule has 5 nitrogen and oxygen atoms in total. The number of rotatable bonds is 5. The van der Waals surface area contributed by atoms with Crippen molar-refractivity contribution in [3.8, 4) is 0 Å². The van der Waals surface area contributed by atoms with Crippen molar-refractivity contribution in [2.75, 3.05) is 4.31 Å². The van der Waals surface area contributed by atoms with Crippen LogP contribution in [-0.2, 0) is 14.8 Å². The summed E-state index contributed by atoms with van der Waals surface area (Å²) >= 11 is 5.97. The van der Waals surface area contributed by atoms with E-state index in [1.165, 1.54) is 25.1 Å². The van der Waals surface area contributed by atoms with E-state index in [0.717, 1.165) is 4.31 Å². The highest BCUT2D eigenvalue weighted by Gasteiger charge is 2.33. The van der Waals surface area contributed by atoms with Crippen LogP contribution >= 0.6 is 11.6 Å². The number of carbonyl (C=O) groups is 1. The highest BCUT2D eigenvalue weighted by Crippen LogP contribution is 2.29. The molecular formula is C16H16ClNO4S. The summed E-state index contributed by atoms with van der Waals surface area (Å²) in [4.78, 5) is 11.4. The molecule has 1 atom stereocenters. The third-order valence-corrected chi connectivity index (χ3v) is 5.74. The summed E-state index contributed by atoms with van der Waals surface area (Å²) in [6.45, 7) is 3.05. The number of aryl methyl sites for hydroxylation is 1. The molecule has 23 heavy (non-hydrogen) atoms. The van der Waals surface area contributed by atoms with Gasteiger partial charge in [-0.3, -0.25) is 4.31 Å². The van der Waals surface area contributed by atoms with Crippen LogP contribution in [0, 0.1) is 6.92 Å². The maximum atomic E-state index is 12.9. The van der Waals surface area contributed by atoms with Crippen molar-refractivity contribution in [2.45, 2.75) is 24.8 Å². The van der Waals surface area contributed by atoms with Crippen LogP contribution in [0.25, 0.3) is 0 Å². The quantitative estimate of drug-likeness (QED) is 0.894. The van der Waals surface area contributed by atoms with Gasteiger partial charge in [-0.15, -0.1) is 0 Å². The first kappa shape index (κ1) is 17.3. The van der Waals surface area contributed by atoms with E-state index in [9.17, 15) is 18.3 Å². The van der Waals surface area contributed by atoms with Crippen molar-refractivity contribution in [1.82, 2.24) is 0 Å². The van der Waals surface area contributed by atoms with Gasteiger partial charge in [-0.2, -0.15) is 0 Å². The van der Waals surface area contributed by atoms with Crippen molar-refractivity contribution in [3.05, 3.63) is 59.1 Å². The molecule has 0 fully saturated rings. The van der Waals surface area contributed by atoms with Gasteiger partial charge in [-0.1, -0.05) is 29.8 Å². The average molecular weight is 354 g/mol. The number of hydrogen-bond acceptors (Lipinski definition) is 3. The van der Waals surface area contributed by atoms with Gasteiger partial charge in [0, 0.05) is 5.02 Å². The minimum atomic E-state index is -4.02. The second kappa shape index (κ2) is 6.60. The number of nitrogens with zero attached hydrogens (tertiary/aromatic N) is 1. The van der Waals surface area contributed by atoms with Crippen molar-refractivity contribution < 1.29 is 18.3 Å². The Hall–Kier alpha value is -2.05. The van der Waals surface area contributed by atoms with E-state index in [1.807, 2.05) is 0 Å². The molecule has 0 aliphatic heterocycles. The first-order chi connectivity index (χ1) is 10.7. The van der Waals surface area contributed by atoms with Crippen LogP contribution in [0.15, 0.2) is 53.4 Å². The Balaban J connectivity index is 2.63. The summed E-state index contributed by atoms with van der Waals surface area (Å²) in [7, 11) is -4.02. The van der Waals surface area contributed by atoms with Gasteiger partial charge in [0.1, 0.15) is 6.04 Å². The molecule has 0 aliphatic carbocycles. The lowest BCUT2D eigenvalue weighted by atomic mass is 10.2. The lowest BCUT2D eigenvalue weighted by Gasteiger charge is -2.28. The van der Waals surface area contributed by atoms with Gasteiger partial charge < -0.3 is 5.11 Å². The highest BCUT2D eigenvalue weighted by atomic mass is 35.5. The van der Waals surface area contributed by atoms with Crippen molar-refractivity contribution >= 4 is 33.3 Å². The molecule has 0 radical (unpaired) electrons. The van der Waals surface area contributed by atoms with Gasteiger partial charge in [-0.25, -0.2) is 13.2 Å². The van der Waals surface area contributed by atoms with E-state index in [0.29, 0.717) is 10.6 Å². The SMILES string of the molecule is Cc1cc(N(C(C)C(=O)O)S(=O)(=O)c2ccccc2)ccc1Cl. The van der Waals surface area contributed by atoms with Crippen molar-refractivity contribution in [1.29, 1.82) is 0 Å². The fraction of sp³-hybridized carbons (Fsp3) is 0.188. The Morgan fingerprint density at radius 2 is 1.78 bits per heavy atom. The number of anilines is 1. The van der Waals surface area contributed by atoms with Gasteiger partial charge in [0.2, 0.25) is 0 Å². The number of sulfonamides is 1. The molecule has 122 valence electrons. The second-order valence-electron chi connectivity index (χ2n) is 5.06. The molecule has 0 saturated carbocycles. The summed E-state index contributed by atoms with van der Waals surface area (Å²) in [5, 5.41) is 9.80. The molecular weight excluding hydrogens is 338 g/mol. The van der Waals surface area contributed by atoms with Gasteiger partial charge in [0.15, 0.2) is 0 Å². The number of carboxylic acids is 1. The van der Waals surface area contributed by atoms with Crippen LogP contribution in [0.2, 0.25) is 5.02 Å². The Morgan fingerprint density at radius 1 is 1.17 bits per heavy atom. The first-order valence-corrected chi connectivity index (χ1v) is 8.65. The number of carboxylic acid groups (broad SMARTS) is 1. The van der Waals surface area contributed by atoms with E-state index < -0.39 is 22.0 Å². The third kappa shape index (κ3) is 3.48. The maximum absolute atomic E-state index is 12.9. The van der Waals surface area contributed by atoms with Crippen LogP contribution in [0.1, 0.15) is 12.5 Å². The van der Waals surface area contributed by atoms with E-state index in [2.05, 4.69) is 0 Å². The minimum Gasteiger partial charge on any atom is -0.480 e. The lowest BCUT2D eigenvalue weighted by molar-refractivity contribution is -0.137. The van der Waals surface area contributed by atoms with Gasteiger partial charge in [-0.05, 0) is 49.7 Å². The Labute approximate surface area is 140 Å². The van der Waals surface area contributed by atoms with Gasteiger partial charge in [0.05, 0.1) is 10.6 Å². The molecule has 0 aromatic heterocycles. The average Bonchev–Trinajstić information content (AvgIpc) is 2.51. The summed E-state index contributed by atoms with van der Waals surface area (Å²) in [5.41, 5.74) is 0.917. The first-order valence-electron chi connectivity index (χ1n) is 6.83. The zero-order valence-corrected chi connectivity index (χ0v) is 14.2. The van der Waals surface area contributed by atoms with E-state index in [4.69, 9.17) is 11.6 Å². The number of benzene rings is 2. The fourth-order valence-electron chi connectivity index (χ4n) is 2.14. The minimum absolute atomic E-state index is 0.0284. The predicted octanol–water partition coefficient (Wildman–Crippen LogP) is 3.32. The van der Waals surface area contributed by atoms with E-state index in [-0.39, 0.29) is 10.6 Å². The molecule has 7 heteroatoms. The van der Waals surface area contributed by atoms with Gasteiger partial charge in [0.25, 0.3) is 10.0 Å². The van der Waals surface area contributed by atoms with Crippen LogP contribution in [-0.4, -0.2) is 25.5 Å². The zero-order valence-electron chi connectivity index (χ0n) is 12.6. The molecule has 0 aliphatic rings. The predicted molar refractivity (Wildman–Crippen MR) is 89.4 cm³/mol. The van der Waals surface area contributed by atoms with E-state index >= 15 is 0 Å². The molecule has 1 N–H and O–H groups in total. The summed E-state index contributed by atoms with van der Waals surface area (Å²) in [6.07, 6.45) is 0. The monoisotopic (exact) mass is 353 g/mol. The molecule has 0 heterocycles. The number of aliphatic carboxylic acids is 1. The molecule has 2 rings (SSSR count). The number of hydrogen-bond donors (Lipinski definition) is 1. The van der Waals surface area contributed by atoms with Crippen LogP contribution in [0.3, 0.4) is 0 Å². The zero-order chi connectivity index (χ0) is 17.2. The Kier molecular flexibility index (Phi) is 4.97. The largest absolute Gasteiger partial charge is 0.480 e. The fourth-order valence-corrected chi connectivity index (χ4v) is 3.89. The second-order valence-corrected chi connectivity index (χ2v) is 7.28. The van der Waals surface area contributed by atoms with Crippen LogP contribution < -0.4 is 4.31 Å². The molecule has 2 aromatic rings. The lowest BCUT2D eigenvalue weighted by Crippen LogP contribution is -2.43. The molecule has 2 aromatic carbocycles. The summed E-state index contributed by atoms with van der Waals surface area (Å²) < 4.78 is 26.7. The maximum Gasteiger partial charge on any atom is 0.327 e. The van der Waals surface area contributed by atoms with E-state index in [1.54, 1.807) is 37.3 Å². The third-order valence-electron chi connectivity index (χ3n) is 3.41. The van der Waals surface area contributed by atoms with Gasteiger partial charge >= 0.3 is 5.97 Å². The highest BCUT2D eigenvalue weighted by molar-refractivity contribution is 7.92. The molecule has 0 saturated heterocycles. The molecule has 0 amide bonds. The van der Waals surface area contributed by atoms with Crippen molar-refractivity contribution in [3.63, 3.8) is 0 Å². The van der Waals surface area contributed by atoms with Crippen molar-refractivity contribution in [2.24, 2.45) is 0 Å². The summed E-state index contributed by atoms with van der Waals surface area (Å²) in [6, 6.07) is 11.1. The molecule has 0 spiro atoms. The van der Waals surface area contributed by atoms with Crippen LogP contribution in [0.5, 0.6) is 0 Å². The number of halogens is 1. The smallest absolute Gasteiger partial charge is 0.327 e. The molecule has 0 bridgehead atoms. The van der Waals surface area contributed by atoms with Crippen LogP contribution in [0.4, 0.5) is 5.69 Å². The summed E-state index contributed by atoms with van der Waals surface area (Å²) in [5.74, 6) is -1.24. The standard InChI is InChI=1S/C16H16ClNO4S/c1-11-10-13(8-9-15(11)17)18(12(2)16(19)20)23(21,22)14-6-4-3-5-7-14/h3-10,12H,1-2H3,(H,19,20). The Bertz CT molecular complexity index is 821.